The number of piperidine rings is 1. The highest BCUT2D eigenvalue weighted by Gasteiger charge is 2.30. The van der Waals surface area contributed by atoms with Gasteiger partial charge >= 0.3 is 0 Å². The van der Waals surface area contributed by atoms with Gasteiger partial charge in [0.25, 0.3) is 5.91 Å². The molecule has 3 heterocycles. The minimum atomic E-state index is -0.139. The maximum atomic E-state index is 12.9. The van der Waals surface area contributed by atoms with Crippen molar-refractivity contribution in [1.82, 2.24) is 15.0 Å². The van der Waals surface area contributed by atoms with E-state index >= 15 is 0 Å². The summed E-state index contributed by atoms with van der Waals surface area (Å²) >= 11 is 0. The van der Waals surface area contributed by atoms with Gasteiger partial charge in [-0.25, -0.2) is 0 Å². The zero-order chi connectivity index (χ0) is 20.9. The Kier molecular flexibility index (Phi) is 6.21. The Morgan fingerprint density at radius 2 is 2.07 bits per heavy atom. The topological polar surface area (TPSA) is 85.1 Å². The highest BCUT2D eigenvalue weighted by molar-refractivity contribution is 5.92. The summed E-state index contributed by atoms with van der Waals surface area (Å²) in [7, 11) is 1.58. The Balaban J connectivity index is 1.33. The molecule has 8 heteroatoms. The minimum Gasteiger partial charge on any atom is -0.493 e. The first-order chi connectivity index (χ1) is 14.6. The zero-order valence-corrected chi connectivity index (χ0v) is 17.2. The van der Waals surface area contributed by atoms with Crippen molar-refractivity contribution in [2.24, 2.45) is 5.92 Å². The predicted molar refractivity (Wildman–Crippen MR) is 108 cm³/mol. The Bertz CT molecular complexity index is 896. The molecule has 2 fully saturated rings. The molecule has 0 saturated carbocycles. The first kappa shape index (κ1) is 20.3. The van der Waals surface area contributed by atoms with Gasteiger partial charge in [-0.15, -0.1) is 0 Å². The van der Waals surface area contributed by atoms with Crippen molar-refractivity contribution in [3.05, 3.63) is 41.8 Å². The lowest BCUT2D eigenvalue weighted by Crippen LogP contribution is -2.44. The summed E-state index contributed by atoms with van der Waals surface area (Å²) in [6.07, 6.45) is 3.55. The van der Waals surface area contributed by atoms with E-state index in [0.717, 1.165) is 32.4 Å². The number of carbonyl (C=O) groups excluding carboxylic acids is 2. The van der Waals surface area contributed by atoms with E-state index in [-0.39, 0.29) is 24.1 Å². The number of rotatable bonds is 7. The van der Waals surface area contributed by atoms with E-state index < -0.39 is 0 Å². The van der Waals surface area contributed by atoms with E-state index in [1.54, 1.807) is 19.2 Å². The highest BCUT2D eigenvalue weighted by atomic mass is 16.5. The lowest BCUT2D eigenvalue weighted by atomic mass is 9.97. The number of para-hydroxylation sites is 2. The van der Waals surface area contributed by atoms with Crippen LogP contribution in [0, 0.1) is 5.92 Å². The van der Waals surface area contributed by atoms with Gasteiger partial charge in [-0.1, -0.05) is 17.3 Å². The zero-order valence-electron chi connectivity index (χ0n) is 17.2. The van der Waals surface area contributed by atoms with Crippen molar-refractivity contribution in [3.8, 4) is 11.5 Å². The van der Waals surface area contributed by atoms with Gasteiger partial charge < -0.3 is 23.8 Å². The fourth-order valence-corrected chi connectivity index (χ4v) is 4.14. The number of carbonyl (C=O) groups is 2. The molecule has 2 aliphatic rings. The lowest BCUT2D eigenvalue weighted by molar-refractivity contribution is -0.128. The van der Waals surface area contributed by atoms with Crippen molar-refractivity contribution in [2.45, 2.75) is 32.3 Å². The van der Waals surface area contributed by atoms with Crippen molar-refractivity contribution in [1.29, 1.82) is 0 Å². The third kappa shape index (κ3) is 4.58. The molecule has 30 heavy (non-hydrogen) atoms. The lowest BCUT2D eigenvalue weighted by Gasteiger charge is -2.34. The number of hydrogen-bond acceptors (Lipinski definition) is 6. The van der Waals surface area contributed by atoms with Crippen LogP contribution < -0.4 is 9.47 Å². The summed E-state index contributed by atoms with van der Waals surface area (Å²) in [5.74, 6) is 2.10. The first-order valence-corrected chi connectivity index (χ1v) is 10.4. The summed E-state index contributed by atoms with van der Waals surface area (Å²) < 4.78 is 16.3. The van der Waals surface area contributed by atoms with Crippen LogP contribution in [0.4, 0.5) is 0 Å². The molecule has 2 saturated heterocycles. The van der Waals surface area contributed by atoms with E-state index in [0.29, 0.717) is 42.7 Å². The predicted octanol–water partition coefficient (Wildman–Crippen LogP) is 2.74. The molecule has 0 radical (unpaired) electrons. The van der Waals surface area contributed by atoms with Gasteiger partial charge in [-0.3, -0.25) is 9.59 Å². The van der Waals surface area contributed by atoms with Crippen LogP contribution in [0.2, 0.25) is 0 Å². The van der Waals surface area contributed by atoms with E-state index in [9.17, 15) is 9.59 Å². The van der Waals surface area contributed by atoms with Crippen LogP contribution in [0.3, 0.4) is 0 Å². The van der Waals surface area contributed by atoms with Gasteiger partial charge in [-0.2, -0.15) is 0 Å². The van der Waals surface area contributed by atoms with E-state index in [4.69, 9.17) is 14.0 Å². The minimum absolute atomic E-state index is 0.139. The Morgan fingerprint density at radius 1 is 1.23 bits per heavy atom. The molecule has 1 aromatic heterocycles. The second kappa shape index (κ2) is 9.19. The fourth-order valence-electron chi connectivity index (χ4n) is 4.14. The second-order valence-corrected chi connectivity index (χ2v) is 7.82. The van der Waals surface area contributed by atoms with Gasteiger partial charge in [0.15, 0.2) is 23.0 Å². The maximum Gasteiger partial charge on any atom is 0.276 e. The summed E-state index contributed by atoms with van der Waals surface area (Å²) in [6, 6.07) is 8.97. The monoisotopic (exact) mass is 413 g/mol. The van der Waals surface area contributed by atoms with Crippen LogP contribution in [0.5, 0.6) is 11.5 Å². The fraction of sp³-hybridized carbons (Fsp3) is 0.500. The standard InChI is InChI=1S/C22H27N3O5/c1-28-19-7-2-3-8-20(19)29-15-17-12-18(23-30-17)22(27)25-11-4-6-16(14-25)13-24-10-5-9-21(24)26/h2-3,7-8,12,16H,4-6,9-11,13-15H2,1H3. The molecule has 2 amide bonds. The molecular formula is C22H27N3O5. The molecule has 1 atom stereocenters. The SMILES string of the molecule is COc1ccccc1OCc1cc(C(=O)N2CCCC(CN3CCCC3=O)C2)no1. The maximum absolute atomic E-state index is 12.9. The normalized spacial score (nSPS) is 19.2. The Labute approximate surface area is 175 Å². The van der Waals surface area contributed by atoms with Crippen molar-refractivity contribution in [2.75, 3.05) is 33.3 Å². The largest absolute Gasteiger partial charge is 0.493 e. The van der Waals surface area contributed by atoms with Crippen molar-refractivity contribution in [3.63, 3.8) is 0 Å². The average Bonchev–Trinajstić information content (AvgIpc) is 3.41. The van der Waals surface area contributed by atoms with Crippen LogP contribution in [0.25, 0.3) is 0 Å². The molecular weight excluding hydrogens is 386 g/mol. The number of benzene rings is 1. The van der Waals surface area contributed by atoms with E-state index in [2.05, 4.69) is 5.16 Å². The smallest absolute Gasteiger partial charge is 0.276 e. The summed E-state index contributed by atoms with van der Waals surface area (Å²) in [6.45, 7) is 3.06. The first-order valence-electron chi connectivity index (χ1n) is 10.4. The molecule has 0 spiro atoms. The molecule has 0 aliphatic carbocycles. The molecule has 1 aromatic carbocycles. The van der Waals surface area contributed by atoms with Crippen LogP contribution in [-0.2, 0) is 11.4 Å². The van der Waals surface area contributed by atoms with Crippen molar-refractivity contribution >= 4 is 11.8 Å². The molecule has 4 rings (SSSR count). The van der Waals surface area contributed by atoms with Crippen LogP contribution >= 0.6 is 0 Å². The number of methoxy groups -OCH3 is 1. The van der Waals surface area contributed by atoms with Gasteiger partial charge in [-0.05, 0) is 37.3 Å². The third-order valence-electron chi connectivity index (χ3n) is 5.67. The van der Waals surface area contributed by atoms with E-state index in [1.165, 1.54) is 0 Å². The highest BCUT2D eigenvalue weighted by Crippen LogP contribution is 2.27. The van der Waals surface area contributed by atoms with Gasteiger partial charge in [0.1, 0.15) is 6.61 Å². The van der Waals surface area contributed by atoms with Crippen LogP contribution in [0.1, 0.15) is 41.9 Å². The van der Waals surface area contributed by atoms with Gasteiger partial charge in [0, 0.05) is 38.7 Å². The van der Waals surface area contributed by atoms with E-state index in [1.807, 2.05) is 28.0 Å². The van der Waals surface area contributed by atoms with Crippen LogP contribution in [-0.4, -0.2) is 60.1 Å². The Hall–Kier alpha value is -3.03. The third-order valence-corrected chi connectivity index (χ3v) is 5.67. The quantitative estimate of drug-likeness (QED) is 0.694. The van der Waals surface area contributed by atoms with Gasteiger partial charge in [0.2, 0.25) is 5.91 Å². The summed E-state index contributed by atoms with van der Waals surface area (Å²) in [5.41, 5.74) is 0.284. The molecule has 2 aromatic rings. The summed E-state index contributed by atoms with van der Waals surface area (Å²) in [4.78, 5) is 28.5. The number of nitrogens with zero attached hydrogens (tertiary/aromatic N) is 3. The number of ether oxygens (including phenoxy) is 2. The second-order valence-electron chi connectivity index (χ2n) is 7.82. The molecule has 0 N–H and O–H groups in total. The molecule has 2 aliphatic heterocycles. The van der Waals surface area contributed by atoms with Gasteiger partial charge in [0.05, 0.1) is 7.11 Å². The molecule has 8 nitrogen and oxygen atoms in total. The molecule has 1 unspecified atom stereocenters. The average molecular weight is 413 g/mol. The van der Waals surface area contributed by atoms with Crippen LogP contribution in [0.15, 0.2) is 34.9 Å². The number of amides is 2. The Morgan fingerprint density at radius 3 is 2.83 bits per heavy atom. The molecule has 160 valence electrons. The number of likely N-dealkylation sites (tertiary alicyclic amines) is 2. The number of hydrogen-bond donors (Lipinski definition) is 0. The molecule has 0 bridgehead atoms. The summed E-state index contributed by atoms with van der Waals surface area (Å²) in [5, 5.41) is 3.94. The number of aromatic nitrogens is 1. The van der Waals surface area contributed by atoms with Crippen molar-refractivity contribution < 1.29 is 23.6 Å².